The number of carbonyl (C=O) groups is 2. The Labute approximate surface area is 154 Å². The van der Waals surface area contributed by atoms with Crippen LogP contribution in [0.2, 0.25) is 0 Å². The number of rotatable bonds is 6. The minimum atomic E-state index is -3.83. The molecule has 2 amide bonds. The van der Waals surface area contributed by atoms with Crippen LogP contribution in [-0.4, -0.2) is 70.1 Å². The first-order valence-corrected chi connectivity index (χ1v) is 10.2. The predicted octanol–water partition coefficient (Wildman–Crippen LogP) is 0.878. The summed E-state index contributed by atoms with van der Waals surface area (Å²) in [6.45, 7) is 3.70. The number of ether oxygens (including phenoxy) is 1. The molecule has 0 saturated carbocycles. The van der Waals surface area contributed by atoms with E-state index in [0.717, 1.165) is 11.4 Å². The van der Waals surface area contributed by atoms with Crippen LogP contribution in [0.4, 0.5) is 10.5 Å². The van der Waals surface area contributed by atoms with Gasteiger partial charge in [0.05, 0.1) is 19.4 Å². The van der Waals surface area contributed by atoms with Crippen molar-refractivity contribution in [3.8, 4) is 5.75 Å². The van der Waals surface area contributed by atoms with Crippen molar-refractivity contribution in [3.63, 3.8) is 0 Å². The largest absolute Gasteiger partial charge is 0.497 e. The fourth-order valence-corrected chi connectivity index (χ4v) is 3.77. The molecule has 0 aromatic heterocycles. The summed E-state index contributed by atoms with van der Waals surface area (Å²) in [5, 5.41) is 1.13. The maximum absolute atomic E-state index is 12.2. The van der Waals surface area contributed by atoms with Crippen molar-refractivity contribution in [2.45, 2.75) is 13.3 Å². The van der Waals surface area contributed by atoms with Crippen molar-refractivity contribution in [1.82, 2.24) is 10.2 Å². The van der Waals surface area contributed by atoms with Gasteiger partial charge in [-0.1, -0.05) is 13.0 Å². The normalized spacial score (nSPS) is 14.8. The summed E-state index contributed by atoms with van der Waals surface area (Å²) in [5.74, 6) is 0.277. The summed E-state index contributed by atoms with van der Waals surface area (Å²) in [6.07, 6.45) is 0.357. The summed E-state index contributed by atoms with van der Waals surface area (Å²) in [7, 11) is -2.21. The first kappa shape index (κ1) is 20.0. The summed E-state index contributed by atoms with van der Waals surface area (Å²) in [5.41, 5.74) is 1.02. The highest BCUT2D eigenvalue weighted by Crippen LogP contribution is 2.22. The van der Waals surface area contributed by atoms with Gasteiger partial charge in [-0.05, 0) is 18.6 Å². The van der Waals surface area contributed by atoms with E-state index in [-0.39, 0.29) is 18.2 Å². The molecule has 0 radical (unpaired) electrons. The van der Waals surface area contributed by atoms with E-state index in [4.69, 9.17) is 4.74 Å². The van der Waals surface area contributed by atoms with Crippen molar-refractivity contribution in [2.24, 2.45) is 0 Å². The number of methoxy groups -OCH3 is 1. The van der Waals surface area contributed by atoms with Crippen LogP contribution in [0.25, 0.3) is 0 Å². The first-order chi connectivity index (χ1) is 12.4. The van der Waals surface area contributed by atoms with Gasteiger partial charge in [0.25, 0.3) is 0 Å². The molecule has 2 rings (SSSR count). The highest BCUT2D eigenvalue weighted by Gasteiger charge is 2.25. The molecule has 0 aliphatic carbocycles. The zero-order chi connectivity index (χ0) is 19.2. The van der Waals surface area contributed by atoms with Gasteiger partial charge < -0.3 is 19.9 Å². The Morgan fingerprint density at radius 3 is 2.50 bits per heavy atom. The Hall–Kier alpha value is -2.29. The van der Waals surface area contributed by atoms with Crippen molar-refractivity contribution >= 4 is 26.7 Å². The SMILES string of the molecule is CCCS(=O)(=O)C(=O)NCC(=O)N1CCN(c2cccc(OC)c2)CC1. The van der Waals surface area contributed by atoms with Gasteiger partial charge in [0.15, 0.2) is 0 Å². The molecule has 8 nitrogen and oxygen atoms in total. The van der Waals surface area contributed by atoms with Gasteiger partial charge in [0.1, 0.15) is 5.75 Å². The summed E-state index contributed by atoms with van der Waals surface area (Å²) >= 11 is 0. The molecule has 1 heterocycles. The van der Waals surface area contributed by atoms with E-state index in [1.165, 1.54) is 0 Å². The molecule has 1 aromatic rings. The first-order valence-electron chi connectivity index (χ1n) is 8.54. The van der Waals surface area contributed by atoms with E-state index in [0.29, 0.717) is 32.6 Å². The molecule has 0 atom stereocenters. The topological polar surface area (TPSA) is 96.0 Å². The van der Waals surface area contributed by atoms with Crippen molar-refractivity contribution in [1.29, 1.82) is 0 Å². The third-order valence-electron chi connectivity index (χ3n) is 4.19. The predicted molar refractivity (Wildman–Crippen MR) is 99.3 cm³/mol. The maximum atomic E-state index is 12.2. The fourth-order valence-electron chi connectivity index (χ4n) is 2.75. The second-order valence-corrected chi connectivity index (χ2v) is 8.04. The molecule has 1 aromatic carbocycles. The molecule has 1 aliphatic rings. The summed E-state index contributed by atoms with van der Waals surface area (Å²) < 4.78 is 28.5. The fraction of sp³-hybridized carbons (Fsp3) is 0.529. The van der Waals surface area contributed by atoms with E-state index in [9.17, 15) is 18.0 Å². The molecular formula is C17H25N3O5S. The molecule has 0 bridgehead atoms. The van der Waals surface area contributed by atoms with Crippen LogP contribution in [0, 0.1) is 0 Å². The second-order valence-electron chi connectivity index (χ2n) is 6.03. The van der Waals surface area contributed by atoms with Gasteiger partial charge in [-0.15, -0.1) is 0 Å². The van der Waals surface area contributed by atoms with Crippen LogP contribution in [-0.2, 0) is 14.6 Å². The van der Waals surface area contributed by atoms with E-state index in [1.807, 2.05) is 24.3 Å². The molecule has 1 fully saturated rings. The number of carbonyl (C=O) groups excluding carboxylic acids is 2. The number of sulfone groups is 1. The maximum Gasteiger partial charge on any atom is 0.336 e. The van der Waals surface area contributed by atoms with Crippen molar-refractivity contribution < 1.29 is 22.7 Å². The van der Waals surface area contributed by atoms with E-state index in [2.05, 4.69) is 10.2 Å². The third kappa shape index (κ3) is 5.10. The molecule has 144 valence electrons. The van der Waals surface area contributed by atoms with Crippen molar-refractivity contribution in [2.75, 3.05) is 50.5 Å². The second kappa shape index (κ2) is 8.88. The zero-order valence-corrected chi connectivity index (χ0v) is 15.9. The highest BCUT2D eigenvalue weighted by atomic mass is 32.2. The molecule has 9 heteroatoms. The summed E-state index contributed by atoms with van der Waals surface area (Å²) in [4.78, 5) is 27.6. The Morgan fingerprint density at radius 2 is 1.88 bits per heavy atom. The standard InChI is InChI=1S/C17H25N3O5S/c1-3-11-26(23,24)17(22)18-13-16(21)20-9-7-19(8-10-20)14-5-4-6-15(12-14)25-2/h4-6,12H,3,7-11,13H2,1-2H3,(H,18,22). The van der Waals surface area contributed by atoms with Crippen LogP contribution in [0.3, 0.4) is 0 Å². The highest BCUT2D eigenvalue weighted by molar-refractivity contribution is 8.06. The molecule has 0 spiro atoms. The molecule has 1 aliphatic heterocycles. The third-order valence-corrected chi connectivity index (χ3v) is 5.85. The lowest BCUT2D eigenvalue weighted by Crippen LogP contribution is -2.51. The number of benzene rings is 1. The molecule has 26 heavy (non-hydrogen) atoms. The smallest absolute Gasteiger partial charge is 0.336 e. The summed E-state index contributed by atoms with van der Waals surface area (Å²) in [6, 6.07) is 7.71. The lowest BCUT2D eigenvalue weighted by Gasteiger charge is -2.36. The van der Waals surface area contributed by atoms with E-state index >= 15 is 0 Å². The average Bonchev–Trinajstić information content (AvgIpc) is 2.65. The number of hydrogen-bond acceptors (Lipinski definition) is 6. The van der Waals surface area contributed by atoms with Crippen LogP contribution in [0.5, 0.6) is 5.75 Å². The lowest BCUT2D eigenvalue weighted by molar-refractivity contribution is -0.130. The number of hydrogen-bond donors (Lipinski definition) is 1. The van der Waals surface area contributed by atoms with Crippen LogP contribution >= 0.6 is 0 Å². The molecule has 1 N–H and O–H groups in total. The zero-order valence-electron chi connectivity index (χ0n) is 15.1. The van der Waals surface area contributed by atoms with E-state index < -0.39 is 15.1 Å². The lowest BCUT2D eigenvalue weighted by atomic mass is 10.2. The minimum Gasteiger partial charge on any atom is -0.497 e. The van der Waals surface area contributed by atoms with Crippen LogP contribution in [0.1, 0.15) is 13.3 Å². The molecular weight excluding hydrogens is 358 g/mol. The Bertz CT molecular complexity index is 743. The number of anilines is 1. The number of amides is 2. The van der Waals surface area contributed by atoms with Gasteiger partial charge in [-0.2, -0.15) is 0 Å². The Balaban J connectivity index is 1.83. The van der Waals surface area contributed by atoms with Crippen LogP contribution in [0.15, 0.2) is 24.3 Å². The Morgan fingerprint density at radius 1 is 1.19 bits per heavy atom. The van der Waals surface area contributed by atoms with Crippen molar-refractivity contribution in [3.05, 3.63) is 24.3 Å². The monoisotopic (exact) mass is 383 g/mol. The molecule has 1 saturated heterocycles. The van der Waals surface area contributed by atoms with Crippen LogP contribution < -0.4 is 15.0 Å². The van der Waals surface area contributed by atoms with E-state index in [1.54, 1.807) is 18.9 Å². The van der Waals surface area contributed by atoms with Gasteiger partial charge in [0.2, 0.25) is 15.7 Å². The Kier molecular flexibility index (Phi) is 6.84. The van der Waals surface area contributed by atoms with Gasteiger partial charge >= 0.3 is 5.24 Å². The number of nitrogens with one attached hydrogen (secondary N) is 1. The van der Waals surface area contributed by atoms with Gasteiger partial charge in [-0.3, -0.25) is 9.59 Å². The average molecular weight is 383 g/mol. The van der Waals surface area contributed by atoms with Gasteiger partial charge in [0, 0.05) is 37.9 Å². The molecule has 0 unspecified atom stereocenters. The van der Waals surface area contributed by atoms with Gasteiger partial charge in [-0.25, -0.2) is 8.42 Å². The number of nitrogens with zero attached hydrogens (tertiary/aromatic N) is 2. The quantitative estimate of drug-likeness (QED) is 0.783. The minimum absolute atomic E-state index is 0.216. The number of piperazine rings is 1.